The molecule has 4 aromatic heterocycles. The van der Waals surface area contributed by atoms with Gasteiger partial charge in [-0.1, -0.05) is 24.4 Å². The molecule has 0 atom stereocenters. The fraction of sp³-hybridized carbons (Fsp3) is 0.391. The summed E-state index contributed by atoms with van der Waals surface area (Å²) in [6.07, 6.45) is 3.81. The van der Waals surface area contributed by atoms with E-state index in [0.717, 1.165) is 66.9 Å². The number of ether oxygens (including phenoxy) is 2. The van der Waals surface area contributed by atoms with Crippen molar-refractivity contribution in [1.29, 1.82) is 0 Å². The van der Waals surface area contributed by atoms with Crippen LogP contribution in [-0.2, 0) is 6.54 Å². The summed E-state index contributed by atoms with van der Waals surface area (Å²) in [6, 6.07) is 5.79. The van der Waals surface area contributed by atoms with E-state index < -0.39 is 0 Å². The fourth-order valence-electron chi connectivity index (χ4n) is 4.40. The first kappa shape index (κ1) is 22.3. The molecule has 0 aliphatic carbocycles. The molecular formula is C23H27ClN6O2S. The molecular weight excluding hydrogens is 460 g/mol. The summed E-state index contributed by atoms with van der Waals surface area (Å²) in [4.78, 5) is 14.1. The van der Waals surface area contributed by atoms with Crippen LogP contribution < -0.4 is 9.47 Å². The molecule has 5 rings (SSSR count). The van der Waals surface area contributed by atoms with E-state index in [-0.39, 0.29) is 0 Å². The molecule has 0 amide bonds. The molecule has 0 bridgehead atoms. The number of piperazine rings is 1. The molecule has 1 aliphatic heterocycles. The van der Waals surface area contributed by atoms with Gasteiger partial charge in [0.15, 0.2) is 11.4 Å². The van der Waals surface area contributed by atoms with E-state index in [2.05, 4.69) is 32.6 Å². The molecule has 1 aliphatic rings. The van der Waals surface area contributed by atoms with Gasteiger partial charge in [-0.15, -0.1) is 0 Å². The van der Waals surface area contributed by atoms with Gasteiger partial charge < -0.3 is 18.9 Å². The number of thiol groups is 1. The van der Waals surface area contributed by atoms with Gasteiger partial charge in [-0.3, -0.25) is 8.87 Å². The minimum absolute atomic E-state index is 0.445. The first-order valence-corrected chi connectivity index (χ1v) is 11.7. The molecule has 8 nitrogen and oxygen atoms in total. The third-order valence-corrected chi connectivity index (χ3v) is 7.09. The van der Waals surface area contributed by atoms with Crippen LogP contribution >= 0.6 is 24.4 Å². The first-order chi connectivity index (χ1) is 16.0. The lowest BCUT2D eigenvalue weighted by Gasteiger charge is -2.32. The molecule has 174 valence electrons. The summed E-state index contributed by atoms with van der Waals surface area (Å²) in [6.45, 7) is 6.14. The van der Waals surface area contributed by atoms with E-state index in [1.807, 2.05) is 12.1 Å². The lowest BCUT2D eigenvalue weighted by molar-refractivity contribution is 0.150. The quantitative estimate of drug-likeness (QED) is 0.420. The van der Waals surface area contributed by atoms with E-state index in [1.165, 1.54) is 0 Å². The number of aromatic nitrogens is 4. The van der Waals surface area contributed by atoms with Gasteiger partial charge in [0.05, 0.1) is 30.5 Å². The third kappa shape index (κ3) is 4.03. The molecule has 10 heteroatoms. The smallest absolute Gasteiger partial charge is 0.257 e. The molecule has 1 fully saturated rings. The number of halogens is 1. The van der Waals surface area contributed by atoms with E-state index in [1.54, 1.807) is 30.5 Å². The fourth-order valence-corrected chi connectivity index (χ4v) is 4.92. The number of pyridine rings is 2. The van der Waals surface area contributed by atoms with Gasteiger partial charge in [-0.25, -0.2) is 9.97 Å². The number of hydrogen-bond acceptors (Lipinski definition) is 7. The van der Waals surface area contributed by atoms with E-state index in [9.17, 15) is 0 Å². The van der Waals surface area contributed by atoms with Crippen molar-refractivity contribution in [3.8, 4) is 22.9 Å². The van der Waals surface area contributed by atoms with Crippen molar-refractivity contribution in [3.05, 3.63) is 35.6 Å². The molecule has 0 radical (unpaired) electrons. The Kier molecular flexibility index (Phi) is 6.13. The summed E-state index contributed by atoms with van der Waals surface area (Å²) in [5.41, 5.74) is 4.32. The van der Waals surface area contributed by atoms with Gasteiger partial charge >= 0.3 is 0 Å². The number of nitrogens with zero attached hydrogens (tertiary/aromatic N) is 6. The predicted octanol–water partition coefficient (Wildman–Crippen LogP) is 3.66. The van der Waals surface area contributed by atoms with Gasteiger partial charge in [0.2, 0.25) is 0 Å². The highest BCUT2D eigenvalue weighted by Crippen LogP contribution is 2.39. The number of hydrogen-bond donors (Lipinski definition) is 1. The highest BCUT2D eigenvalue weighted by molar-refractivity contribution is 7.78. The summed E-state index contributed by atoms with van der Waals surface area (Å²) in [7, 11) is 5.40. The van der Waals surface area contributed by atoms with Crippen molar-refractivity contribution in [2.75, 3.05) is 54.0 Å². The van der Waals surface area contributed by atoms with Crippen LogP contribution in [0, 0.1) is 0 Å². The van der Waals surface area contributed by atoms with Crippen molar-refractivity contribution in [2.45, 2.75) is 6.54 Å². The van der Waals surface area contributed by atoms with E-state index in [4.69, 9.17) is 38.9 Å². The van der Waals surface area contributed by atoms with Crippen LogP contribution in [0.4, 0.5) is 0 Å². The Hall–Kier alpha value is -2.46. The highest BCUT2D eigenvalue weighted by atomic mass is 35.5. The Morgan fingerprint density at radius 3 is 2.58 bits per heavy atom. The summed E-state index contributed by atoms with van der Waals surface area (Å²) in [5, 5.41) is 1.49. The molecule has 0 unspecified atom stereocenters. The molecule has 5 heterocycles. The Balaban J connectivity index is 1.61. The van der Waals surface area contributed by atoms with Gasteiger partial charge in [-0.05, 0) is 19.2 Å². The largest absolute Gasteiger partial charge is 0.491 e. The van der Waals surface area contributed by atoms with Crippen LogP contribution in [0.1, 0.15) is 0 Å². The second-order valence-electron chi connectivity index (χ2n) is 8.32. The maximum Gasteiger partial charge on any atom is 0.257 e. The van der Waals surface area contributed by atoms with Crippen LogP contribution in [-0.4, -0.2) is 82.3 Å². The maximum atomic E-state index is 6.43. The van der Waals surface area contributed by atoms with Crippen LogP contribution in [0.5, 0.6) is 11.6 Å². The number of likely N-dealkylation sites (N-methyl/N-ethyl adjacent to an activating group) is 1. The van der Waals surface area contributed by atoms with Gasteiger partial charge in [0.25, 0.3) is 5.88 Å². The lowest BCUT2D eigenvalue weighted by atomic mass is 10.2. The Morgan fingerprint density at radius 1 is 1.09 bits per heavy atom. The maximum absolute atomic E-state index is 6.43. The molecule has 1 saturated heterocycles. The predicted molar refractivity (Wildman–Crippen MR) is 135 cm³/mol. The van der Waals surface area contributed by atoms with Crippen LogP contribution in [0.15, 0.2) is 30.6 Å². The standard InChI is InChI=1S/C23H27ClN6O2S/c1-27-6-8-28(9-7-27)10-11-29-14-16(21-19(29)13-20(31-2)23(26-21)32-3)18-12-15-17(24)4-5-25-22(15)30(18)33/h4-5,12-14,33H,6-11H2,1-3H3. The first-order valence-electron chi connectivity index (χ1n) is 10.9. The number of methoxy groups -OCH3 is 2. The van der Waals surface area contributed by atoms with Crippen molar-refractivity contribution >= 4 is 46.5 Å². The molecule has 4 aromatic rings. The van der Waals surface area contributed by atoms with Gasteiger partial charge in [0.1, 0.15) is 5.52 Å². The monoisotopic (exact) mass is 486 g/mol. The Bertz CT molecular complexity index is 1310. The normalized spacial score (nSPS) is 15.5. The minimum Gasteiger partial charge on any atom is -0.491 e. The average molecular weight is 487 g/mol. The van der Waals surface area contributed by atoms with Crippen LogP contribution in [0.25, 0.3) is 33.3 Å². The Morgan fingerprint density at radius 2 is 1.88 bits per heavy atom. The van der Waals surface area contributed by atoms with Gasteiger partial charge in [0, 0.05) is 68.7 Å². The van der Waals surface area contributed by atoms with Crippen molar-refractivity contribution in [2.24, 2.45) is 0 Å². The molecule has 0 aromatic carbocycles. The molecule has 0 spiro atoms. The Labute approximate surface area is 203 Å². The van der Waals surface area contributed by atoms with Crippen molar-refractivity contribution in [1.82, 2.24) is 28.3 Å². The summed E-state index contributed by atoms with van der Waals surface area (Å²) >= 11 is 11.2. The second-order valence-corrected chi connectivity index (χ2v) is 9.13. The average Bonchev–Trinajstić information content (AvgIpc) is 3.35. The van der Waals surface area contributed by atoms with Crippen molar-refractivity contribution < 1.29 is 9.47 Å². The zero-order chi connectivity index (χ0) is 23.1. The van der Waals surface area contributed by atoms with E-state index >= 15 is 0 Å². The van der Waals surface area contributed by atoms with Gasteiger partial charge in [-0.2, -0.15) is 0 Å². The number of fused-ring (bicyclic) bond motifs is 2. The SMILES string of the molecule is COc1cc2c(nc1OC)c(-c1cc3c(Cl)ccnc3n1S)cn2CCN1CCN(C)CC1. The van der Waals surface area contributed by atoms with E-state index in [0.29, 0.717) is 22.3 Å². The highest BCUT2D eigenvalue weighted by Gasteiger charge is 2.21. The second kappa shape index (κ2) is 9.06. The topological polar surface area (TPSA) is 60.6 Å². The molecule has 0 N–H and O–H groups in total. The number of rotatable bonds is 6. The van der Waals surface area contributed by atoms with Crippen molar-refractivity contribution in [3.63, 3.8) is 0 Å². The molecule has 0 saturated carbocycles. The summed E-state index contributed by atoms with van der Waals surface area (Å²) < 4.78 is 15.0. The molecule has 33 heavy (non-hydrogen) atoms. The third-order valence-electron chi connectivity index (χ3n) is 6.35. The zero-order valence-corrected chi connectivity index (χ0v) is 20.6. The van der Waals surface area contributed by atoms with Crippen LogP contribution in [0.2, 0.25) is 5.02 Å². The zero-order valence-electron chi connectivity index (χ0n) is 19.0. The minimum atomic E-state index is 0.445. The lowest BCUT2D eigenvalue weighted by Crippen LogP contribution is -2.45. The van der Waals surface area contributed by atoms with Crippen LogP contribution in [0.3, 0.4) is 0 Å². The summed E-state index contributed by atoms with van der Waals surface area (Å²) in [5.74, 6) is 1.05.